The number of carboxylic acid groups (broad SMARTS) is 1. The first-order chi connectivity index (χ1) is 9.56. The number of rotatable bonds is 2. The Kier molecular flexibility index (Phi) is 2.88. The molecule has 1 aromatic heterocycles. The molecule has 0 amide bonds. The summed E-state index contributed by atoms with van der Waals surface area (Å²) in [6, 6.07) is 8.88. The van der Waals surface area contributed by atoms with Gasteiger partial charge in [0, 0.05) is 22.0 Å². The van der Waals surface area contributed by atoms with E-state index in [1.54, 1.807) is 18.2 Å². The van der Waals surface area contributed by atoms with E-state index in [-0.39, 0.29) is 5.69 Å². The van der Waals surface area contributed by atoms with Crippen molar-refractivity contribution in [3.05, 3.63) is 65.0 Å². The molecule has 0 radical (unpaired) electrons. The van der Waals surface area contributed by atoms with E-state index in [4.69, 9.17) is 16.7 Å². The third-order valence-electron chi connectivity index (χ3n) is 3.11. The summed E-state index contributed by atoms with van der Waals surface area (Å²) in [5.41, 5.74) is 2.57. The van der Waals surface area contributed by atoms with E-state index >= 15 is 0 Å². The maximum Gasteiger partial charge on any atom is 0.352 e. The van der Waals surface area contributed by atoms with Crippen LogP contribution in [-0.2, 0) is 0 Å². The summed E-state index contributed by atoms with van der Waals surface area (Å²) in [7, 11) is 0. The number of halogens is 1. The number of aromatic amines is 1. The number of H-pyrrole nitrogens is 1. The summed E-state index contributed by atoms with van der Waals surface area (Å²) < 4.78 is 0. The van der Waals surface area contributed by atoms with E-state index in [1.165, 1.54) is 0 Å². The number of nitrogens with one attached hydrogen (secondary N) is 1. The number of aromatic nitrogens is 1. The summed E-state index contributed by atoms with van der Waals surface area (Å²) in [6.07, 6.45) is 3.68. The highest BCUT2D eigenvalue weighted by Crippen LogP contribution is 2.36. The average molecular weight is 287 g/mol. The van der Waals surface area contributed by atoms with Gasteiger partial charge in [0.25, 0.3) is 0 Å². The van der Waals surface area contributed by atoms with E-state index in [0.29, 0.717) is 10.8 Å². The van der Waals surface area contributed by atoms with Crippen molar-refractivity contribution in [1.82, 2.24) is 4.98 Å². The highest BCUT2D eigenvalue weighted by molar-refractivity contribution is 6.30. The quantitative estimate of drug-likeness (QED) is 0.876. The van der Waals surface area contributed by atoms with E-state index in [0.717, 1.165) is 16.9 Å². The fraction of sp³-hybridized carbons (Fsp3) is 0. The minimum atomic E-state index is -0.991. The van der Waals surface area contributed by atoms with Crippen molar-refractivity contribution in [2.45, 2.75) is 0 Å². The highest BCUT2D eigenvalue weighted by atomic mass is 35.5. The standard InChI is InChI=1S/C15H11ClN2O2/c1-9-2-3-10-8-13(15(19)20)17-14(10)18(9)12-6-4-11(16)5-7-12/h2-8,17H,1H2,(H,19,20). The molecule has 1 aromatic carbocycles. The Morgan fingerprint density at radius 1 is 1.25 bits per heavy atom. The van der Waals surface area contributed by atoms with Gasteiger partial charge in [-0.3, -0.25) is 4.90 Å². The Morgan fingerprint density at radius 2 is 1.95 bits per heavy atom. The predicted molar refractivity (Wildman–Crippen MR) is 79.5 cm³/mol. The van der Waals surface area contributed by atoms with Gasteiger partial charge in [-0.2, -0.15) is 0 Å². The minimum Gasteiger partial charge on any atom is -0.477 e. The second-order valence-corrected chi connectivity index (χ2v) is 4.87. The number of anilines is 2. The van der Waals surface area contributed by atoms with Gasteiger partial charge in [-0.1, -0.05) is 18.2 Å². The van der Waals surface area contributed by atoms with Crippen LogP contribution in [0.5, 0.6) is 0 Å². The zero-order chi connectivity index (χ0) is 14.3. The summed E-state index contributed by atoms with van der Waals surface area (Å²) in [4.78, 5) is 15.8. The molecule has 0 unspecified atom stereocenters. The van der Waals surface area contributed by atoms with Crippen molar-refractivity contribution in [3.63, 3.8) is 0 Å². The molecule has 0 aliphatic carbocycles. The summed E-state index contributed by atoms with van der Waals surface area (Å²) >= 11 is 5.89. The Hall–Kier alpha value is -2.46. The molecule has 1 aliphatic heterocycles. The zero-order valence-corrected chi connectivity index (χ0v) is 11.2. The van der Waals surface area contributed by atoms with Crippen LogP contribution in [0, 0.1) is 0 Å². The van der Waals surface area contributed by atoms with Gasteiger partial charge in [0.05, 0.1) is 0 Å². The van der Waals surface area contributed by atoms with Gasteiger partial charge in [-0.25, -0.2) is 4.79 Å². The summed E-state index contributed by atoms with van der Waals surface area (Å²) in [5, 5.41) is 9.72. The fourth-order valence-electron chi connectivity index (χ4n) is 2.18. The van der Waals surface area contributed by atoms with Gasteiger partial charge < -0.3 is 10.1 Å². The van der Waals surface area contributed by atoms with E-state index in [9.17, 15) is 4.79 Å². The molecule has 0 bridgehead atoms. The Bertz CT molecular complexity index is 729. The van der Waals surface area contributed by atoms with E-state index in [1.807, 2.05) is 29.2 Å². The largest absolute Gasteiger partial charge is 0.477 e. The molecule has 0 fully saturated rings. The number of carbonyl (C=O) groups is 1. The molecule has 20 heavy (non-hydrogen) atoms. The lowest BCUT2D eigenvalue weighted by Gasteiger charge is -2.27. The number of nitrogens with zero attached hydrogens (tertiary/aromatic N) is 1. The maximum atomic E-state index is 11.1. The van der Waals surface area contributed by atoms with Crippen LogP contribution in [0.4, 0.5) is 11.5 Å². The van der Waals surface area contributed by atoms with Crippen molar-refractivity contribution in [2.75, 3.05) is 4.90 Å². The molecule has 0 atom stereocenters. The Labute approximate surface area is 120 Å². The van der Waals surface area contributed by atoms with Crippen molar-refractivity contribution in [1.29, 1.82) is 0 Å². The minimum absolute atomic E-state index is 0.147. The average Bonchev–Trinajstić information content (AvgIpc) is 2.84. The van der Waals surface area contributed by atoms with Crippen LogP contribution in [-0.4, -0.2) is 16.1 Å². The second kappa shape index (κ2) is 4.58. The smallest absolute Gasteiger partial charge is 0.352 e. The zero-order valence-electron chi connectivity index (χ0n) is 10.4. The van der Waals surface area contributed by atoms with Crippen molar-refractivity contribution < 1.29 is 9.90 Å². The summed E-state index contributed by atoms with van der Waals surface area (Å²) in [6.45, 7) is 3.99. The SMILES string of the molecule is C=C1C=Cc2cc(C(=O)O)[nH]c2N1c1ccc(Cl)cc1. The van der Waals surface area contributed by atoms with Crippen LogP contribution in [0.1, 0.15) is 16.1 Å². The van der Waals surface area contributed by atoms with Crippen molar-refractivity contribution in [3.8, 4) is 0 Å². The normalized spacial score (nSPS) is 13.4. The lowest BCUT2D eigenvalue weighted by atomic mass is 10.1. The number of allylic oxidation sites excluding steroid dienone is 1. The van der Waals surface area contributed by atoms with E-state index in [2.05, 4.69) is 11.6 Å². The number of hydrogen-bond acceptors (Lipinski definition) is 2. The lowest BCUT2D eigenvalue weighted by molar-refractivity contribution is 0.0691. The topological polar surface area (TPSA) is 56.3 Å². The third-order valence-corrected chi connectivity index (χ3v) is 3.36. The van der Waals surface area contributed by atoms with Crippen LogP contribution >= 0.6 is 11.6 Å². The molecule has 0 saturated carbocycles. The Balaban J connectivity index is 2.12. The predicted octanol–water partition coefficient (Wildman–Crippen LogP) is 4.04. The van der Waals surface area contributed by atoms with Crippen LogP contribution < -0.4 is 4.90 Å². The molecule has 1 aliphatic rings. The molecule has 4 nitrogen and oxygen atoms in total. The number of hydrogen-bond donors (Lipinski definition) is 2. The van der Waals surface area contributed by atoms with Gasteiger partial charge >= 0.3 is 5.97 Å². The molecule has 0 saturated heterocycles. The summed E-state index contributed by atoms with van der Waals surface area (Å²) in [5.74, 6) is -0.299. The number of benzene rings is 1. The van der Waals surface area contributed by atoms with Gasteiger partial charge in [-0.05, 0) is 42.5 Å². The molecule has 3 rings (SSSR count). The molecule has 5 heteroatoms. The van der Waals surface area contributed by atoms with E-state index < -0.39 is 5.97 Å². The third kappa shape index (κ3) is 2.00. The lowest BCUT2D eigenvalue weighted by Crippen LogP contribution is -2.17. The van der Waals surface area contributed by atoms with Crippen LogP contribution in [0.25, 0.3) is 6.08 Å². The molecule has 0 spiro atoms. The van der Waals surface area contributed by atoms with Gasteiger partial charge in [0.2, 0.25) is 0 Å². The first-order valence-corrected chi connectivity index (χ1v) is 6.33. The van der Waals surface area contributed by atoms with Crippen LogP contribution in [0.2, 0.25) is 5.02 Å². The molecule has 2 aromatic rings. The molecule has 100 valence electrons. The highest BCUT2D eigenvalue weighted by Gasteiger charge is 2.22. The first-order valence-electron chi connectivity index (χ1n) is 5.95. The van der Waals surface area contributed by atoms with Gasteiger partial charge in [-0.15, -0.1) is 0 Å². The Morgan fingerprint density at radius 3 is 2.60 bits per heavy atom. The number of aromatic carboxylic acids is 1. The molecule has 2 heterocycles. The van der Waals surface area contributed by atoms with Crippen LogP contribution in [0.3, 0.4) is 0 Å². The molecule has 2 N–H and O–H groups in total. The monoisotopic (exact) mass is 286 g/mol. The molecular formula is C15H11ClN2O2. The van der Waals surface area contributed by atoms with Crippen molar-refractivity contribution in [2.24, 2.45) is 0 Å². The second-order valence-electron chi connectivity index (χ2n) is 4.43. The maximum absolute atomic E-state index is 11.1. The van der Waals surface area contributed by atoms with Gasteiger partial charge in [0.15, 0.2) is 0 Å². The van der Waals surface area contributed by atoms with Crippen molar-refractivity contribution >= 4 is 35.2 Å². The fourth-order valence-corrected chi connectivity index (χ4v) is 2.30. The number of carboxylic acids is 1. The first kappa shape index (κ1) is 12.6. The number of fused-ring (bicyclic) bond motifs is 1. The van der Waals surface area contributed by atoms with Gasteiger partial charge in [0.1, 0.15) is 11.5 Å². The van der Waals surface area contributed by atoms with Crippen LogP contribution in [0.15, 0.2) is 48.7 Å². The molecular weight excluding hydrogens is 276 g/mol.